The van der Waals surface area contributed by atoms with E-state index >= 15 is 0 Å². The molecule has 1 saturated heterocycles. The van der Waals surface area contributed by atoms with Crippen LogP contribution in [0.4, 0.5) is 31.1 Å². The summed E-state index contributed by atoms with van der Waals surface area (Å²) in [6.45, 7) is 8.56. The van der Waals surface area contributed by atoms with Gasteiger partial charge in [-0.05, 0) is 53.9 Å². The molecule has 2 aromatic rings. The maximum Gasteiger partial charge on any atom is 0.430 e. The number of carbonyl (C=O) groups excluding carboxylic acids is 2. The number of urea groups is 1. The third-order valence-electron chi connectivity index (χ3n) is 8.66. The van der Waals surface area contributed by atoms with Crippen LogP contribution >= 0.6 is 0 Å². The number of alkyl halides is 6. The molecule has 0 saturated carbocycles. The van der Waals surface area contributed by atoms with E-state index in [1.165, 1.54) is 4.90 Å². The molecule has 248 valence electrons. The number of amides is 3. The molecular weight excluding hydrogens is 602 g/mol. The molecular formula is C33H40F6N2O4. The van der Waals surface area contributed by atoms with Gasteiger partial charge in [-0.2, -0.15) is 26.3 Å². The largest absolute Gasteiger partial charge is 0.493 e. The fraction of sp³-hybridized carbons (Fsp3) is 0.576. The third kappa shape index (κ3) is 5.79. The van der Waals surface area contributed by atoms with Crippen LogP contribution < -0.4 is 10.1 Å². The molecule has 0 radical (unpaired) electrons. The third-order valence-corrected chi connectivity index (χ3v) is 8.66. The van der Waals surface area contributed by atoms with E-state index in [2.05, 4.69) is 10.1 Å². The van der Waals surface area contributed by atoms with Gasteiger partial charge < -0.3 is 14.8 Å². The van der Waals surface area contributed by atoms with Gasteiger partial charge in [-0.3, -0.25) is 9.69 Å². The summed E-state index contributed by atoms with van der Waals surface area (Å²) < 4.78 is 95.2. The van der Waals surface area contributed by atoms with Gasteiger partial charge in [0, 0.05) is 17.7 Å². The molecule has 1 fully saturated rings. The molecule has 2 aromatic carbocycles. The van der Waals surface area contributed by atoms with Gasteiger partial charge in [-0.15, -0.1) is 0 Å². The molecule has 0 aromatic heterocycles. The van der Waals surface area contributed by atoms with E-state index in [-0.39, 0.29) is 48.8 Å². The molecule has 0 bridgehead atoms. The van der Waals surface area contributed by atoms with Gasteiger partial charge >= 0.3 is 18.4 Å². The van der Waals surface area contributed by atoms with Crippen LogP contribution in [0, 0.1) is 5.41 Å². The molecule has 2 aliphatic heterocycles. The van der Waals surface area contributed by atoms with Crippen molar-refractivity contribution in [3.63, 3.8) is 0 Å². The first kappa shape index (κ1) is 34.6. The monoisotopic (exact) mass is 642 g/mol. The predicted octanol–water partition coefficient (Wildman–Crippen LogP) is 8.09. The van der Waals surface area contributed by atoms with Gasteiger partial charge in [0.1, 0.15) is 5.75 Å². The van der Waals surface area contributed by atoms with Crippen LogP contribution in [0.1, 0.15) is 88.1 Å². The van der Waals surface area contributed by atoms with E-state index in [0.717, 1.165) is 6.07 Å². The zero-order valence-corrected chi connectivity index (χ0v) is 26.2. The van der Waals surface area contributed by atoms with Gasteiger partial charge in [-0.25, -0.2) is 4.79 Å². The SMILES string of the molecule is CCCc1cc2c(c(CCC)c1OCCCCN1C(=O)NC(c3ccccc3)(C(C)(C)C)C1=O)COC2(C(F)(F)F)C(F)(F)F. The number of imide groups is 1. The number of aryl methyl sites for hydroxylation is 1. The molecule has 1 N–H and O–H groups in total. The Morgan fingerprint density at radius 3 is 2.11 bits per heavy atom. The summed E-state index contributed by atoms with van der Waals surface area (Å²) in [5.74, 6) is -0.0777. The van der Waals surface area contributed by atoms with Gasteiger partial charge in [0.05, 0.1) is 13.2 Å². The minimum atomic E-state index is -5.71. The highest BCUT2D eigenvalue weighted by Crippen LogP contribution is 2.58. The first-order valence-corrected chi connectivity index (χ1v) is 15.3. The number of ether oxygens (including phenoxy) is 2. The van der Waals surface area contributed by atoms with Crippen molar-refractivity contribution >= 4 is 11.9 Å². The van der Waals surface area contributed by atoms with Crippen LogP contribution in [-0.4, -0.2) is 42.3 Å². The normalized spacial score (nSPS) is 20.0. The molecule has 2 aliphatic rings. The lowest BCUT2D eigenvalue weighted by Gasteiger charge is -2.39. The number of nitrogens with one attached hydrogen (secondary N) is 1. The summed E-state index contributed by atoms with van der Waals surface area (Å²) >= 11 is 0. The number of hydrogen-bond acceptors (Lipinski definition) is 4. The van der Waals surface area contributed by atoms with E-state index in [1.807, 2.05) is 26.8 Å². The lowest BCUT2D eigenvalue weighted by Crippen LogP contribution is -2.54. The maximum atomic E-state index is 14.1. The minimum absolute atomic E-state index is 0.0868. The first-order chi connectivity index (χ1) is 21.0. The molecule has 1 atom stereocenters. The highest BCUT2D eigenvalue weighted by molar-refractivity contribution is 6.08. The maximum absolute atomic E-state index is 14.1. The Morgan fingerprint density at radius 2 is 1.56 bits per heavy atom. The van der Waals surface area contributed by atoms with Gasteiger partial charge in [0.2, 0.25) is 0 Å². The van der Waals surface area contributed by atoms with Crippen molar-refractivity contribution < 1.29 is 45.4 Å². The first-order valence-electron chi connectivity index (χ1n) is 15.3. The second-order valence-electron chi connectivity index (χ2n) is 12.6. The van der Waals surface area contributed by atoms with E-state index in [9.17, 15) is 35.9 Å². The highest BCUT2D eigenvalue weighted by atomic mass is 19.4. The highest BCUT2D eigenvalue weighted by Gasteiger charge is 2.76. The molecule has 3 amide bonds. The van der Waals surface area contributed by atoms with Crippen LogP contribution in [0.15, 0.2) is 36.4 Å². The molecule has 0 aliphatic carbocycles. The van der Waals surface area contributed by atoms with Gasteiger partial charge in [-0.1, -0.05) is 77.8 Å². The molecule has 2 heterocycles. The Morgan fingerprint density at radius 1 is 0.933 bits per heavy atom. The fourth-order valence-corrected chi connectivity index (χ4v) is 6.49. The quantitative estimate of drug-likeness (QED) is 0.153. The van der Waals surface area contributed by atoms with Crippen LogP contribution in [0.5, 0.6) is 5.75 Å². The number of benzene rings is 2. The minimum Gasteiger partial charge on any atom is -0.493 e. The number of hydrogen-bond donors (Lipinski definition) is 1. The number of carbonyl (C=O) groups is 2. The topological polar surface area (TPSA) is 67.9 Å². The zero-order valence-electron chi connectivity index (χ0n) is 26.2. The number of unbranched alkanes of at least 4 members (excludes halogenated alkanes) is 1. The molecule has 6 nitrogen and oxygen atoms in total. The predicted molar refractivity (Wildman–Crippen MR) is 156 cm³/mol. The summed E-state index contributed by atoms with van der Waals surface area (Å²) in [5, 5.41) is 2.92. The van der Waals surface area contributed by atoms with Gasteiger partial charge in [0.25, 0.3) is 11.5 Å². The lowest BCUT2D eigenvalue weighted by atomic mass is 9.69. The Kier molecular flexibility index (Phi) is 9.60. The molecule has 4 rings (SSSR count). The van der Waals surface area contributed by atoms with Crippen molar-refractivity contribution in [2.45, 2.75) is 103 Å². The average molecular weight is 643 g/mol. The molecule has 0 spiro atoms. The lowest BCUT2D eigenvalue weighted by molar-refractivity contribution is -0.385. The van der Waals surface area contributed by atoms with Crippen molar-refractivity contribution in [1.82, 2.24) is 10.2 Å². The molecule has 45 heavy (non-hydrogen) atoms. The summed E-state index contributed by atoms with van der Waals surface area (Å²) in [5.41, 5.74) is -6.12. The van der Waals surface area contributed by atoms with Crippen molar-refractivity contribution in [3.8, 4) is 5.75 Å². The molecule has 12 heteroatoms. The van der Waals surface area contributed by atoms with Crippen LogP contribution in [0.3, 0.4) is 0 Å². The van der Waals surface area contributed by atoms with Crippen molar-refractivity contribution in [1.29, 1.82) is 0 Å². The van der Waals surface area contributed by atoms with Gasteiger partial charge in [0.15, 0.2) is 5.54 Å². The number of nitrogens with zero attached hydrogens (tertiary/aromatic N) is 1. The van der Waals surface area contributed by atoms with Crippen LogP contribution in [-0.2, 0) is 40.1 Å². The standard InChI is InChI=1S/C33H40F6N2O4/c1-6-13-21-19-25-24(20-45-31(25,32(34,35)36)33(37,38)39)23(14-7-2)26(21)44-18-12-11-17-41-27(42)30(29(3,4)5,40-28(41)43)22-15-9-8-10-16-22/h8-10,15-16,19H,6-7,11-14,17-18,20H2,1-5H3,(H,40,43). The Balaban J connectivity index is 1.54. The van der Waals surface area contributed by atoms with Crippen molar-refractivity contribution in [2.75, 3.05) is 13.2 Å². The van der Waals surface area contributed by atoms with E-state index in [0.29, 0.717) is 36.8 Å². The van der Waals surface area contributed by atoms with Crippen LogP contribution in [0.2, 0.25) is 0 Å². The average Bonchev–Trinajstić information content (AvgIpc) is 3.46. The Hall–Kier alpha value is -3.28. The summed E-state index contributed by atoms with van der Waals surface area (Å²) in [7, 11) is 0. The Labute approximate surface area is 259 Å². The number of fused-ring (bicyclic) bond motifs is 1. The number of rotatable bonds is 11. The zero-order chi connectivity index (χ0) is 33.4. The summed E-state index contributed by atoms with van der Waals surface area (Å²) in [6.07, 6.45) is -9.32. The van der Waals surface area contributed by atoms with E-state index in [4.69, 9.17) is 4.74 Å². The smallest absolute Gasteiger partial charge is 0.430 e. The van der Waals surface area contributed by atoms with Crippen molar-refractivity contribution in [3.05, 3.63) is 64.2 Å². The summed E-state index contributed by atoms with van der Waals surface area (Å²) in [6, 6.07) is 9.48. The second-order valence-corrected chi connectivity index (χ2v) is 12.6. The Bertz CT molecular complexity index is 1390. The van der Waals surface area contributed by atoms with E-state index in [1.54, 1.807) is 38.1 Å². The summed E-state index contributed by atoms with van der Waals surface area (Å²) in [4.78, 5) is 28.0. The van der Waals surface area contributed by atoms with Crippen LogP contribution in [0.25, 0.3) is 0 Å². The van der Waals surface area contributed by atoms with E-state index < -0.39 is 47.1 Å². The fourth-order valence-electron chi connectivity index (χ4n) is 6.49. The molecule has 1 unspecified atom stereocenters. The number of halogens is 6. The van der Waals surface area contributed by atoms with Crippen molar-refractivity contribution in [2.24, 2.45) is 5.41 Å². The second kappa shape index (κ2) is 12.5.